The van der Waals surface area contributed by atoms with E-state index in [-0.39, 0.29) is 0 Å². The Hall–Kier alpha value is -1.66. The number of imidazole rings is 1. The number of rotatable bonds is 8. The van der Waals surface area contributed by atoms with Gasteiger partial charge in [0.1, 0.15) is 0 Å². The summed E-state index contributed by atoms with van der Waals surface area (Å²) in [5.74, 6) is 2.12. The molecule has 6 heteroatoms. The van der Waals surface area contributed by atoms with E-state index in [1.54, 1.807) is 0 Å². The van der Waals surface area contributed by atoms with Crippen LogP contribution < -0.4 is 0 Å². The van der Waals surface area contributed by atoms with Crippen LogP contribution in [0.5, 0.6) is 0 Å². The summed E-state index contributed by atoms with van der Waals surface area (Å²) in [7, 11) is 1.98. The van der Waals surface area contributed by atoms with E-state index < -0.39 is 0 Å². The van der Waals surface area contributed by atoms with E-state index in [1.807, 2.05) is 17.9 Å². The van der Waals surface area contributed by atoms with Crippen molar-refractivity contribution in [2.75, 3.05) is 19.8 Å². The Kier molecular flexibility index (Phi) is 4.33. The van der Waals surface area contributed by atoms with Crippen LogP contribution in [0.2, 0.25) is 0 Å². The first-order valence-corrected chi connectivity index (χ1v) is 10.1. The maximum absolute atomic E-state index is 6.12. The van der Waals surface area contributed by atoms with Gasteiger partial charge >= 0.3 is 0 Å². The third-order valence-electron chi connectivity index (χ3n) is 5.88. The zero-order valence-electron chi connectivity index (χ0n) is 15.7. The second kappa shape index (κ2) is 6.82. The fourth-order valence-corrected chi connectivity index (χ4v) is 4.15. The molecule has 0 spiro atoms. The highest BCUT2D eigenvalue weighted by Gasteiger charge is 2.32. The molecule has 2 aromatic heterocycles. The average molecular weight is 355 g/mol. The van der Waals surface area contributed by atoms with Gasteiger partial charge in [-0.3, -0.25) is 9.58 Å². The molecule has 2 saturated carbocycles. The van der Waals surface area contributed by atoms with Gasteiger partial charge < -0.3 is 9.30 Å². The normalized spacial score (nSPS) is 23.3. The zero-order chi connectivity index (χ0) is 17.5. The smallest absolute Gasteiger partial charge is 0.0952 e. The molecular formula is C20H29N5O. The van der Waals surface area contributed by atoms with E-state index in [9.17, 15) is 0 Å². The second-order valence-electron chi connectivity index (χ2n) is 8.54. The van der Waals surface area contributed by atoms with Crippen molar-refractivity contribution in [2.45, 2.75) is 51.2 Å². The molecule has 1 atom stereocenters. The second-order valence-corrected chi connectivity index (χ2v) is 8.54. The van der Waals surface area contributed by atoms with E-state index in [2.05, 4.69) is 27.1 Å². The van der Waals surface area contributed by atoms with Crippen LogP contribution in [0.3, 0.4) is 0 Å². The lowest BCUT2D eigenvalue weighted by atomic mass is 9.98. The summed E-state index contributed by atoms with van der Waals surface area (Å²) < 4.78 is 10.4. The highest BCUT2D eigenvalue weighted by Crippen LogP contribution is 2.35. The van der Waals surface area contributed by atoms with Gasteiger partial charge in [-0.25, -0.2) is 4.98 Å². The minimum absolute atomic E-state index is 0.426. The van der Waals surface area contributed by atoms with E-state index in [1.165, 1.54) is 42.6 Å². The van der Waals surface area contributed by atoms with Crippen molar-refractivity contribution in [3.63, 3.8) is 0 Å². The minimum Gasteiger partial charge on any atom is -0.380 e. The lowest BCUT2D eigenvalue weighted by Crippen LogP contribution is -2.36. The molecule has 26 heavy (non-hydrogen) atoms. The van der Waals surface area contributed by atoms with Crippen LogP contribution in [-0.2, 0) is 31.4 Å². The standard InChI is InChI=1S/C20H29N5O/c1-23-7-17(6-22-23)8-24-10-18(13-26-12-16-4-5-16)20-19(11-24)21-14-25(20)9-15-2-3-15/h6-7,14-16,18H,2-5,8-13H2,1H3/t18-/m1/s1. The molecule has 0 bridgehead atoms. The van der Waals surface area contributed by atoms with Crippen molar-refractivity contribution < 1.29 is 4.74 Å². The highest BCUT2D eigenvalue weighted by atomic mass is 16.5. The van der Waals surface area contributed by atoms with Crippen molar-refractivity contribution in [2.24, 2.45) is 18.9 Å². The van der Waals surface area contributed by atoms with E-state index >= 15 is 0 Å². The molecule has 140 valence electrons. The molecule has 2 fully saturated rings. The van der Waals surface area contributed by atoms with Crippen LogP contribution in [0.15, 0.2) is 18.7 Å². The minimum atomic E-state index is 0.426. The van der Waals surface area contributed by atoms with Crippen molar-refractivity contribution in [3.05, 3.63) is 35.7 Å². The SMILES string of the molecule is Cn1cc(CN2Cc3ncn(CC4CC4)c3[C@@H](COCC3CC3)C2)cn1. The zero-order valence-corrected chi connectivity index (χ0v) is 15.7. The quantitative estimate of drug-likeness (QED) is 0.730. The molecule has 0 saturated heterocycles. The number of aryl methyl sites for hydroxylation is 1. The lowest BCUT2D eigenvalue weighted by molar-refractivity contribution is 0.0863. The molecule has 3 aliphatic rings. The van der Waals surface area contributed by atoms with Crippen LogP contribution in [0.4, 0.5) is 0 Å². The average Bonchev–Trinajstić information content (AvgIpc) is 3.53. The number of ether oxygens (including phenoxy) is 1. The van der Waals surface area contributed by atoms with E-state index in [4.69, 9.17) is 9.72 Å². The third-order valence-corrected chi connectivity index (χ3v) is 5.88. The van der Waals surface area contributed by atoms with Crippen LogP contribution >= 0.6 is 0 Å². The highest BCUT2D eigenvalue weighted by molar-refractivity contribution is 5.23. The summed E-state index contributed by atoms with van der Waals surface area (Å²) in [6.45, 7) is 5.81. The van der Waals surface area contributed by atoms with Gasteiger partial charge in [0.25, 0.3) is 0 Å². The summed E-state index contributed by atoms with van der Waals surface area (Å²) in [5, 5.41) is 4.31. The van der Waals surface area contributed by atoms with Crippen molar-refractivity contribution >= 4 is 0 Å². The van der Waals surface area contributed by atoms with Crippen LogP contribution in [0.25, 0.3) is 0 Å². The number of aromatic nitrogens is 4. The maximum atomic E-state index is 6.12. The summed E-state index contributed by atoms with van der Waals surface area (Å²) in [5.41, 5.74) is 3.96. The molecule has 0 aromatic carbocycles. The number of hydrogen-bond donors (Lipinski definition) is 0. The van der Waals surface area contributed by atoms with Crippen LogP contribution in [0, 0.1) is 11.8 Å². The predicted molar refractivity (Wildman–Crippen MR) is 98.6 cm³/mol. The summed E-state index contributed by atoms with van der Waals surface area (Å²) in [6, 6.07) is 0. The molecule has 3 heterocycles. The largest absolute Gasteiger partial charge is 0.380 e. The fraction of sp³-hybridized carbons (Fsp3) is 0.700. The van der Waals surface area contributed by atoms with Gasteiger partial charge in [0.05, 0.1) is 24.8 Å². The van der Waals surface area contributed by atoms with E-state index in [0.29, 0.717) is 5.92 Å². The lowest BCUT2D eigenvalue weighted by Gasteiger charge is -2.33. The van der Waals surface area contributed by atoms with E-state index in [0.717, 1.165) is 51.2 Å². The third kappa shape index (κ3) is 3.71. The van der Waals surface area contributed by atoms with Crippen LogP contribution in [-0.4, -0.2) is 44.0 Å². The molecule has 5 rings (SSSR count). The molecular weight excluding hydrogens is 326 g/mol. The van der Waals surface area contributed by atoms with Gasteiger partial charge in [-0.05, 0) is 37.5 Å². The van der Waals surface area contributed by atoms with Gasteiger partial charge in [0, 0.05) is 63.2 Å². The Morgan fingerprint density at radius 2 is 2.00 bits per heavy atom. The summed E-state index contributed by atoms with van der Waals surface area (Å²) in [6.07, 6.45) is 11.6. The molecule has 2 aromatic rings. The molecule has 0 amide bonds. The molecule has 0 radical (unpaired) electrons. The first-order valence-electron chi connectivity index (χ1n) is 10.1. The van der Waals surface area contributed by atoms with Crippen molar-refractivity contribution in [3.8, 4) is 0 Å². The maximum Gasteiger partial charge on any atom is 0.0952 e. The Labute approximate surface area is 155 Å². The topological polar surface area (TPSA) is 48.1 Å². The Morgan fingerprint density at radius 1 is 1.15 bits per heavy atom. The fourth-order valence-electron chi connectivity index (χ4n) is 4.15. The van der Waals surface area contributed by atoms with Gasteiger partial charge in [-0.15, -0.1) is 0 Å². The number of hydrogen-bond acceptors (Lipinski definition) is 4. The molecule has 1 aliphatic heterocycles. The van der Waals surface area contributed by atoms with Gasteiger partial charge in [0.15, 0.2) is 0 Å². The monoisotopic (exact) mass is 355 g/mol. The van der Waals surface area contributed by atoms with Gasteiger partial charge in [-0.1, -0.05) is 0 Å². The Bertz CT molecular complexity index is 758. The first-order chi connectivity index (χ1) is 12.7. The van der Waals surface area contributed by atoms with Crippen molar-refractivity contribution in [1.82, 2.24) is 24.2 Å². The molecule has 2 aliphatic carbocycles. The Balaban J connectivity index is 1.32. The summed E-state index contributed by atoms with van der Waals surface area (Å²) >= 11 is 0. The van der Waals surface area contributed by atoms with Crippen molar-refractivity contribution in [1.29, 1.82) is 0 Å². The summed E-state index contributed by atoms with van der Waals surface area (Å²) in [4.78, 5) is 7.28. The number of fused-ring (bicyclic) bond motifs is 1. The van der Waals surface area contributed by atoms with Crippen LogP contribution in [0.1, 0.15) is 48.6 Å². The molecule has 0 N–H and O–H groups in total. The molecule has 0 unspecified atom stereocenters. The first kappa shape index (κ1) is 16.5. The number of nitrogens with zero attached hydrogens (tertiary/aromatic N) is 5. The Morgan fingerprint density at radius 3 is 2.73 bits per heavy atom. The predicted octanol–water partition coefficient (Wildman–Crippen LogP) is 2.55. The molecule has 6 nitrogen and oxygen atoms in total. The van der Waals surface area contributed by atoms with Gasteiger partial charge in [-0.2, -0.15) is 5.10 Å². The van der Waals surface area contributed by atoms with Gasteiger partial charge in [0.2, 0.25) is 0 Å².